The van der Waals surface area contributed by atoms with Crippen molar-refractivity contribution in [3.05, 3.63) is 29.8 Å². The van der Waals surface area contributed by atoms with Crippen LogP contribution in [0.25, 0.3) is 0 Å². The summed E-state index contributed by atoms with van der Waals surface area (Å²) in [6, 6.07) is 2.30. The molecule has 1 atom stereocenters. The number of aliphatic hydroxyl groups is 1. The third-order valence-electron chi connectivity index (χ3n) is 4.67. The Bertz CT molecular complexity index is 649. The molecule has 1 aliphatic heterocycles. The minimum Gasteiger partial charge on any atom is -0.382 e. The quantitative estimate of drug-likeness (QED) is 0.894. The average Bonchev–Trinajstić information content (AvgIpc) is 3.15. The van der Waals surface area contributed by atoms with Crippen LogP contribution in [0.3, 0.4) is 0 Å². The molecule has 23 heavy (non-hydrogen) atoms. The van der Waals surface area contributed by atoms with Crippen molar-refractivity contribution in [3.63, 3.8) is 0 Å². The second-order valence-electron chi connectivity index (χ2n) is 6.78. The standard InChI is InChI=1S/C16H26N6O/c1-13(2)22-11-15(18-19-22)16(23)7-4-9-21(12-16)10-6-14-5-8-17-20(14)3/h5,8,11,13,23H,4,6-7,9-10,12H2,1-3H3/t16-/m1/s1. The van der Waals surface area contributed by atoms with Gasteiger partial charge >= 0.3 is 0 Å². The van der Waals surface area contributed by atoms with Crippen molar-refractivity contribution in [3.8, 4) is 0 Å². The van der Waals surface area contributed by atoms with Crippen LogP contribution in [0.15, 0.2) is 18.5 Å². The smallest absolute Gasteiger partial charge is 0.123 e. The van der Waals surface area contributed by atoms with Crippen LogP contribution in [0, 0.1) is 0 Å². The molecule has 1 fully saturated rings. The fourth-order valence-corrected chi connectivity index (χ4v) is 3.18. The molecule has 3 rings (SSSR count). The van der Waals surface area contributed by atoms with Crippen LogP contribution in [0.5, 0.6) is 0 Å². The van der Waals surface area contributed by atoms with Crippen molar-refractivity contribution in [2.45, 2.75) is 44.8 Å². The van der Waals surface area contributed by atoms with E-state index < -0.39 is 5.60 Å². The first kappa shape index (κ1) is 16.1. The average molecular weight is 318 g/mol. The number of aryl methyl sites for hydroxylation is 1. The predicted octanol–water partition coefficient (Wildman–Crippen LogP) is 1.12. The third-order valence-corrected chi connectivity index (χ3v) is 4.67. The molecule has 1 N–H and O–H groups in total. The lowest BCUT2D eigenvalue weighted by molar-refractivity contribution is -0.0386. The first-order valence-corrected chi connectivity index (χ1v) is 8.32. The van der Waals surface area contributed by atoms with Gasteiger partial charge in [0.25, 0.3) is 0 Å². The Labute approximate surface area is 136 Å². The van der Waals surface area contributed by atoms with E-state index >= 15 is 0 Å². The van der Waals surface area contributed by atoms with Crippen LogP contribution in [-0.2, 0) is 19.1 Å². The van der Waals surface area contributed by atoms with Gasteiger partial charge in [-0.05, 0) is 39.3 Å². The van der Waals surface area contributed by atoms with E-state index in [9.17, 15) is 5.11 Å². The molecule has 2 aromatic heterocycles. The van der Waals surface area contributed by atoms with Crippen LogP contribution >= 0.6 is 0 Å². The van der Waals surface area contributed by atoms with Crippen molar-refractivity contribution in [1.82, 2.24) is 29.7 Å². The number of hydrogen-bond acceptors (Lipinski definition) is 5. The maximum atomic E-state index is 11.0. The number of hydrogen-bond donors (Lipinski definition) is 1. The van der Waals surface area contributed by atoms with Gasteiger partial charge < -0.3 is 5.11 Å². The summed E-state index contributed by atoms with van der Waals surface area (Å²) >= 11 is 0. The predicted molar refractivity (Wildman–Crippen MR) is 86.9 cm³/mol. The van der Waals surface area contributed by atoms with Gasteiger partial charge in [-0.1, -0.05) is 5.21 Å². The largest absolute Gasteiger partial charge is 0.382 e. The SMILES string of the molecule is CC(C)n1cc([C@@]2(O)CCCN(CCc3ccnn3C)C2)nn1. The van der Waals surface area contributed by atoms with Gasteiger partial charge in [-0.2, -0.15) is 5.10 Å². The van der Waals surface area contributed by atoms with Gasteiger partial charge in [-0.3, -0.25) is 9.58 Å². The van der Waals surface area contributed by atoms with Crippen molar-refractivity contribution in [2.24, 2.45) is 7.05 Å². The van der Waals surface area contributed by atoms with Gasteiger partial charge in [0, 0.05) is 44.5 Å². The number of likely N-dealkylation sites (tertiary alicyclic amines) is 1. The van der Waals surface area contributed by atoms with Crippen LogP contribution < -0.4 is 0 Å². The van der Waals surface area contributed by atoms with Gasteiger partial charge in [-0.25, -0.2) is 4.68 Å². The highest BCUT2D eigenvalue weighted by Crippen LogP contribution is 2.30. The molecule has 0 bridgehead atoms. The molecule has 7 heteroatoms. The summed E-state index contributed by atoms with van der Waals surface area (Å²) in [5.41, 5.74) is 1.01. The topological polar surface area (TPSA) is 72.0 Å². The summed E-state index contributed by atoms with van der Waals surface area (Å²) in [4.78, 5) is 2.31. The molecule has 0 saturated carbocycles. The molecule has 0 spiro atoms. The van der Waals surface area contributed by atoms with Gasteiger partial charge in [0.05, 0.1) is 6.20 Å². The molecular formula is C16H26N6O. The van der Waals surface area contributed by atoms with Crippen LogP contribution in [0.1, 0.15) is 44.1 Å². The summed E-state index contributed by atoms with van der Waals surface area (Å²) in [6.45, 7) is 6.66. The van der Waals surface area contributed by atoms with Crippen molar-refractivity contribution >= 4 is 0 Å². The molecule has 0 aromatic carbocycles. The normalized spacial score (nSPS) is 22.8. The van der Waals surface area contributed by atoms with Gasteiger partial charge in [0.1, 0.15) is 11.3 Å². The number of rotatable bonds is 5. The lowest BCUT2D eigenvalue weighted by Crippen LogP contribution is -2.47. The number of aromatic nitrogens is 5. The number of β-amino-alcohol motifs (C(OH)–C–C–N with tert-alkyl or cyclic N) is 1. The van der Waals surface area contributed by atoms with Crippen molar-refractivity contribution < 1.29 is 5.11 Å². The van der Waals surface area contributed by atoms with Crippen LogP contribution in [-0.4, -0.2) is 54.4 Å². The molecule has 2 aromatic rings. The Morgan fingerprint density at radius 1 is 1.39 bits per heavy atom. The second kappa shape index (κ2) is 6.41. The summed E-state index contributed by atoms with van der Waals surface area (Å²) in [5, 5.41) is 23.6. The molecule has 1 aliphatic rings. The second-order valence-corrected chi connectivity index (χ2v) is 6.78. The lowest BCUT2D eigenvalue weighted by Gasteiger charge is -2.38. The fourth-order valence-electron chi connectivity index (χ4n) is 3.18. The maximum absolute atomic E-state index is 11.0. The molecule has 0 aliphatic carbocycles. The van der Waals surface area contributed by atoms with E-state index in [1.807, 2.05) is 34.9 Å². The molecule has 0 amide bonds. The first-order valence-electron chi connectivity index (χ1n) is 8.32. The highest BCUT2D eigenvalue weighted by molar-refractivity contribution is 5.10. The number of nitrogens with zero attached hydrogens (tertiary/aromatic N) is 6. The molecule has 126 valence electrons. The van der Waals surface area contributed by atoms with E-state index in [4.69, 9.17) is 0 Å². The monoisotopic (exact) mass is 318 g/mol. The van der Waals surface area contributed by atoms with E-state index in [-0.39, 0.29) is 6.04 Å². The molecular weight excluding hydrogens is 292 g/mol. The molecule has 0 radical (unpaired) electrons. The maximum Gasteiger partial charge on any atom is 0.123 e. The number of piperidine rings is 1. The van der Waals surface area contributed by atoms with Gasteiger partial charge in [0.15, 0.2) is 0 Å². The Morgan fingerprint density at radius 2 is 2.22 bits per heavy atom. The Kier molecular flexibility index (Phi) is 4.50. The lowest BCUT2D eigenvalue weighted by atomic mass is 9.90. The molecule has 1 saturated heterocycles. The van der Waals surface area contributed by atoms with E-state index in [0.29, 0.717) is 12.2 Å². The zero-order valence-corrected chi connectivity index (χ0v) is 14.2. The van der Waals surface area contributed by atoms with Crippen molar-refractivity contribution in [1.29, 1.82) is 0 Å². The van der Waals surface area contributed by atoms with Crippen LogP contribution in [0.4, 0.5) is 0 Å². The highest BCUT2D eigenvalue weighted by atomic mass is 16.3. The Morgan fingerprint density at radius 3 is 2.87 bits per heavy atom. The minimum atomic E-state index is -0.891. The first-order chi connectivity index (χ1) is 11.0. The zero-order chi connectivity index (χ0) is 16.4. The third kappa shape index (κ3) is 3.45. The summed E-state index contributed by atoms with van der Waals surface area (Å²) < 4.78 is 3.71. The van der Waals surface area contributed by atoms with Crippen molar-refractivity contribution in [2.75, 3.05) is 19.6 Å². The highest BCUT2D eigenvalue weighted by Gasteiger charge is 2.37. The van der Waals surface area contributed by atoms with Gasteiger partial charge in [0.2, 0.25) is 0 Å². The van der Waals surface area contributed by atoms with Gasteiger partial charge in [-0.15, -0.1) is 5.10 Å². The van der Waals surface area contributed by atoms with E-state index in [2.05, 4.69) is 34.2 Å². The summed E-state index contributed by atoms with van der Waals surface area (Å²) in [7, 11) is 1.96. The fraction of sp³-hybridized carbons (Fsp3) is 0.688. The Hall–Kier alpha value is -1.73. The molecule has 3 heterocycles. The van der Waals surface area contributed by atoms with E-state index in [0.717, 1.165) is 32.4 Å². The van der Waals surface area contributed by atoms with E-state index in [1.165, 1.54) is 5.69 Å². The van der Waals surface area contributed by atoms with E-state index in [1.54, 1.807) is 0 Å². The Balaban J connectivity index is 1.65. The summed E-state index contributed by atoms with van der Waals surface area (Å²) in [5.74, 6) is 0. The summed E-state index contributed by atoms with van der Waals surface area (Å²) in [6.07, 6.45) is 6.36. The van der Waals surface area contributed by atoms with Crippen LogP contribution in [0.2, 0.25) is 0 Å². The minimum absolute atomic E-state index is 0.254. The molecule has 0 unspecified atom stereocenters. The molecule has 7 nitrogen and oxygen atoms in total. The zero-order valence-electron chi connectivity index (χ0n) is 14.2.